The molecule has 0 aliphatic heterocycles. The molecule has 9 heteroatoms. The van der Waals surface area contributed by atoms with Crippen LogP contribution in [-0.2, 0) is 0 Å². The maximum absolute atomic E-state index is 13.4. The van der Waals surface area contributed by atoms with Crippen molar-refractivity contribution in [3.05, 3.63) is 29.5 Å². The molecule has 0 atom stereocenters. The molecule has 31 heavy (non-hydrogen) atoms. The Labute approximate surface area is 183 Å². The smallest absolute Gasteiger partial charge is 0.252 e. The van der Waals surface area contributed by atoms with E-state index in [1.54, 1.807) is 20.4 Å². The van der Waals surface area contributed by atoms with E-state index in [1.807, 2.05) is 32.2 Å². The van der Waals surface area contributed by atoms with Gasteiger partial charge in [0.25, 0.3) is 5.92 Å². The second kappa shape index (κ2) is 8.11. The van der Waals surface area contributed by atoms with Gasteiger partial charge in [-0.1, -0.05) is 11.8 Å². The molecule has 0 radical (unpaired) electrons. The highest BCUT2D eigenvalue weighted by molar-refractivity contribution is 7.98. The van der Waals surface area contributed by atoms with Crippen LogP contribution in [0.1, 0.15) is 24.0 Å². The number of aromatic nitrogens is 3. The van der Waals surface area contributed by atoms with Gasteiger partial charge in [-0.05, 0) is 26.2 Å². The SMILES string of the molecule is COc1cc(OC)c(C)c(-c2cc3cnc(SC)nc3c(NC3CC(F)(F)C3)n2)c1C. The van der Waals surface area contributed by atoms with Crippen LogP contribution in [0.25, 0.3) is 22.2 Å². The van der Waals surface area contributed by atoms with Gasteiger partial charge < -0.3 is 14.8 Å². The molecule has 0 spiro atoms. The van der Waals surface area contributed by atoms with Gasteiger partial charge in [0, 0.05) is 53.2 Å². The van der Waals surface area contributed by atoms with Gasteiger partial charge in [-0.15, -0.1) is 0 Å². The van der Waals surface area contributed by atoms with E-state index in [9.17, 15) is 8.78 Å². The van der Waals surface area contributed by atoms with E-state index in [0.717, 1.165) is 22.1 Å². The molecule has 3 aromatic rings. The number of nitrogens with zero attached hydrogens (tertiary/aromatic N) is 3. The van der Waals surface area contributed by atoms with Gasteiger partial charge in [-0.25, -0.2) is 23.7 Å². The second-order valence-electron chi connectivity index (χ2n) is 7.66. The van der Waals surface area contributed by atoms with Crippen molar-refractivity contribution in [3.63, 3.8) is 0 Å². The average molecular weight is 447 g/mol. The molecule has 6 nitrogen and oxygen atoms in total. The third-order valence-corrected chi connectivity index (χ3v) is 6.17. The minimum Gasteiger partial charge on any atom is -0.496 e. The fourth-order valence-electron chi connectivity index (χ4n) is 3.98. The van der Waals surface area contributed by atoms with Crippen LogP contribution in [0, 0.1) is 13.8 Å². The predicted octanol–water partition coefficient (Wildman–Crippen LogP) is 5.26. The van der Waals surface area contributed by atoms with Crippen molar-refractivity contribution in [1.82, 2.24) is 15.0 Å². The minimum atomic E-state index is -2.63. The lowest BCUT2D eigenvalue weighted by Gasteiger charge is -2.35. The molecule has 0 unspecified atom stereocenters. The molecule has 1 aliphatic carbocycles. The average Bonchev–Trinajstić information content (AvgIpc) is 2.72. The zero-order valence-electron chi connectivity index (χ0n) is 18.0. The number of thioether (sulfide) groups is 1. The van der Waals surface area contributed by atoms with Gasteiger partial charge >= 0.3 is 0 Å². The zero-order valence-corrected chi connectivity index (χ0v) is 18.9. The maximum atomic E-state index is 13.4. The first-order chi connectivity index (χ1) is 14.8. The van der Waals surface area contributed by atoms with Crippen LogP contribution in [0.3, 0.4) is 0 Å². The number of hydrogen-bond acceptors (Lipinski definition) is 7. The predicted molar refractivity (Wildman–Crippen MR) is 119 cm³/mol. The number of rotatable bonds is 6. The molecule has 1 aliphatic rings. The summed E-state index contributed by atoms with van der Waals surface area (Å²) in [4.78, 5) is 13.8. The van der Waals surface area contributed by atoms with E-state index < -0.39 is 5.92 Å². The number of benzene rings is 1. The number of hydrogen-bond donors (Lipinski definition) is 1. The third kappa shape index (κ3) is 3.98. The Bertz CT molecular complexity index is 1120. The fraction of sp³-hybridized carbons (Fsp3) is 0.409. The lowest BCUT2D eigenvalue weighted by Crippen LogP contribution is -2.44. The summed E-state index contributed by atoms with van der Waals surface area (Å²) in [6.45, 7) is 3.92. The van der Waals surface area contributed by atoms with E-state index >= 15 is 0 Å². The van der Waals surface area contributed by atoms with Crippen molar-refractivity contribution in [3.8, 4) is 22.8 Å². The Hall–Kier alpha value is -2.68. The number of nitrogens with one attached hydrogen (secondary N) is 1. The zero-order chi connectivity index (χ0) is 22.3. The molecule has 1 fully saturated rings. The van der Waals surface area contributed by atoms with Crippen LogP contribution in [0.4, 0.5) is 14.6 Å². The van der Waals surface area contributed by atoms with E-state index in [0.29, 0.717) is 33.7 Å². The third-order valence-electron chi connectivity index (χ3n) is 5.60. The summed E-state index contributed by atoms with van der Waals surface area (Å²) in [7, 11) is 3.21. The molecule has 1 N–H and O–H groups in total. The van der Waals surface area contributed by atoms with Crippen LogP contribution in [0.2, 0.25) is 0 Å². The van der Waals surface area contributed by atoms with Gasteiger partial charge in [0.15, 0.2) is 11.0 Å². The Morgan fingerprint density at radius 2 is 1.71 bits per heavy atom. The van der Waals surface area contributed by atoms with Crippen molar-refractivity contribution in [2.75, 3.05) is 25.8 Å². The van der Waals surface area contributed by atoms with Crippen LogP contribution in [0.5, 0.6) is 11.5 Å². The molecule has 4 rings (SSSR count). The van der Waals surface area contributed by atoms with E-state index in [1.165, 1.54) is 11.8 Å². The summed E-state index contributed by atoms with van der Waals surface area (Å²) >= 11 is 1.42. The Morgan fingerprint density at radius 3 is 2.26 bits per heavy atom. The van der Waals surface area contributed by atoms with E-state index in [2.05, 4.69) is 15.3 Å². The second-order valence-corrected chi connectivity index (χ2v) is 8.44. The quantitative estimate of drug-likeness (QED) is 0.409. The number of methoxy groups -OCH3 is 2. The van der Waals surface area contributed by atoms with E-state index in [-0.39, 0.29) is 18.9 Å². The van der Waals surface area contributed by atoms with Crippen LogP contribution >= 0.6 is 11.8 Å². The van der Waals surface area contributed by atoms with Gasteiger partial charge in [-0.2, -0.15) is 0 Å². The van der Waals surface area contributed by atoms with Gasteiger partial charge in [0.2, 0.25) is 0 Å². The van der Waals surface area contributed by atoms with E-state index in [4.69, 9.17) is 14.5 Å². The lowest BCUT2D eigenvalue weighted by molar-refractivity contribution is -0.0793. The summed E-state index contributed by atoms with van der Waals surface area (Å²) in [5.74, 6) is -0.785. The highest BCUT2D eigenvalue weighted by Crippen LogP contribution is 2.42. The standard InChI is InChI=1S/C22H24F2N4O2S/c1-11-16(29-3)7-17(30-4)12(2)18(11)15-6-13-10-25-21(31-5)28-19(13)20(27-15)26-14-8-22(23,24)9-14/h6-7,10,14H,8-9H2,1-5H3,(H,26,27). The highest BCUT2D eigenvalue weighted by atomic mass is 32.2. The first kappa shape index (κ1) is 21.5. The topological polar surface area (TPSA) is 69.2 Å². The molecule has 2 heterocycles. The molecule has 164 valence electrons. The summed E-state index contributed by atoms with van der Waals surface area (Å²) in [5.41, 5.74) is 3.98. The van der Waals surface area contributed by atoms with Gasteiger partial charge in [0.1, 0.15) is 17.0 Å². The summed E-state index contributed by atoms with van der Waals surface area (Å²) in [6.07, 6.45) is 3.19. The first-order valence-corrected chi connectivity index (χ1v) is 11.1. The molecule has 0 amide bonds. The molecule has 1 aromatic carbocycles. The Balaban J connectivity index is 1.90. The van der Waals surface area contributed by atoms with Gasteiger partial charge in [-0.3, -0.25) is 0 Å². The minimum absolute atomic E-state index is 0.216. The number of pyridine rings is 1. The van der Waals surface area contributed by atoms with Crippen molar-refractivity contribution in [2.45, 2.75) is 43.8 Å². The number of alkyl halides is 2. The van der Waals surface area contributed by atoms with Crippen LogP contribution < -0.4 is 14.8 Å². The molecule has 0 bridgehead atoms. The lowest BCUT2D eigenvalue weighted by atomic mass is 9.88. The van der Waals surface area contributed by atoms with Crippen molar-refractivity contribution in [1.29, 1.82) is 0 Å². The Kier molecular flexibility index (Phi) is 5.63. The molecule has 0 saturated heterocycles. The first-order valence-electron chi connectivity index (χ1n) is 9.85. The van der Waals surface area contributed by atoms with Crippen molar-refractivity contribution in [2.24, 2.45) is 0 Å². The Morgan fingerprint density at radius 1 is 1.06 bits per heavy atom. The molecular formula is C22H24F2N4O2S. The molecular weight excluding hydrogens is 422 g/mol. The van der Waals surface area contributed by atoms with Crippen LogP contribution in [0.15, 0.2) is 23.5 Å². The van der Waals surface area contributed by atoms with Gasteiger partial charge in [0.05, 0.1) is 19.9 Å². The number of anilines is 1. The number of ether oxygens (including phenoxy) is 2. The summed E-state index contributed by atoms with van der Waals surface area (Å²) in [5, 5.41) is 4.55. The van der Waals surface area contributed by atoms with Crippen molar-refractivity contribution < 1.29 is 18.3 Å². The number of fused-ring (bicyclic) bond motifs is 1. The highest BCUT2D eigenvalue weighted by Gasteiger charge is 2.45. The molecule has 2 aromatic heterocycles. The number of halogens is 2. The largest absolute Gasteiger partial charge is 0.496 e. The van der Waals surface area contributed by atoms with Crippen LogP contribution in [-0.4, -0.2) is 47.4 Å². The normalized spacial score (nSPS) is 15.6. The van der Waals surface area contributed by atoms with Crippen molar-refractivity contribution >= 4 is 28.5 Å². The summed E-state index contributed by atoms with van der Waals surface area (Å²) < 4.78 is 37.9. The monoisotopic (exact) mass is 446 g/mol. The fourth-order valence-corrected chi connectivity index (χ4v) is 4.32. The maximum Gasteiger partial charge on any atom is 0.252 e. The molecule has 1 saturated carbocycles. The summed E-state index contributed by atoms with van der Waals surface area (Å²) in [6, 6.07) is 3.41.